The Balaban J connectivity index is 0.00000121. The quantitative estimate of drug-likeness (QED) is 0.363. The van der Waals surface area contributed by atoms with Gasteiger partial charge in [-0.25, -0.2) is 12.8 Å². The summed E-state index contributed by atoms with van der Waals surface area (Å²) in [7, 11) is -4.44. The van der Waals surface area contributed by atoms with Crippen LogP contribution in [0.5, 0.6) is 0 Å². The van der Waals surface area contributed by atoms with Crippen LogP contribution in [-0.4, -0.2) is 13.0 Å². The van der Waals surface area contributed by atoms with Gasteiger partial charge in [0.1, 0.15) is 15.9 Å². The molecule has 0 aliphatic carbocycles. The Kier molecular flexibility index (Phi) is 3.94. The molecule has 3 nitrogen and oxygen atoms in total. The molecule has 1 aromatic carbocycles. The van der Waals surface area contributed by atoms with E-state index in [1.807, 2.05) is 0 Å². The summed E-state index contributed by atoms with van der Waals surface area (Å²) in [4.78, 5) is -0.418. The standard InChI is InChI=1S/C6H5FO3S.Li/c7-5-1-3-6(4-2-5)11(8,9)10;/h1-4H,(H,8,9,10);/q;+1/p-1. The van der Waals surface area contributed by atoms with Crippen molar-refractivity contribution in [3.8, 4) is 0 Å². The number of hydrogen-bond acceptors (Lipinski definition) is 3. The first-order valence-electron chi connectivity index (χ1n) is 2.71. The summed E-state index contributed by atoms with van der Waals surface area (Å²) in [5.41, 5.74) is 0. The van der Waals surface area contributed by atoms with Crippen LogP contribution in [0.15, 0.2) is 29.2 Å². The fourth-order valence-electron chi connectivity index (χ4n) is 0.601. The molecule has 0 unspecified atom stereocenters. The van der Waals surface area contributed by atoms with Gasteiger partial charge in [0.2, 0.25) is 0 Å². The molecule has 0 N–H and O–H groups in total. The molecule has 0 heterocycles. The van der Waals surface area contributed by atoms with Crippen LogP contribution < -0.4 is 18.9 Å². The maximum atomic E-state index is 12.2. The normalized spacial score (nSPS) is 10.5. The van der Waals surface area contributed by atoms with Crippen LogP contribution >= 0.6 is 0 Å². The van der Waals surface area contributed by atoms with Gasteiger partial charge in [-0.15, -0.1) is 0 Å². The maximum Gasteiger partial charge on any atom is 1.00 e. The molecule has 0 atom stereocenters. The molecule has 0 radical (unpaired) electrons. The zero-order valence-corrected chi connectivity index (χ0v) is 7.14. The molecule has 0 fully saturated rings. The smallest absolute Gasteiger partial charge is 0.744 e. The van der Waals surface area contributed by atoms with Gasteiger partial charge in [0.05, 0.1) is 4.90 Å². The van der Waals surface area contributed by atoms with Crippen molar-refractivity contribution in [3.63, 3.8) is 0 Å². The maximum absolute atomic E-state index is 12.2. The summed E-state index contributed by atoms with van der Waals surface area (Å²) in [6.45, 7) is 0. The van der Waals surface area contributed by atoms with E-state index in [-0.39, 0.29) is 18.9 Å². The van der Waals surface area contributed by atoms with Crippen LogP contribution in [0.25, 0.3) is 0 Å². The number of benzene rings is 1. The largest absolute Gasteiger partial charge is 1.00 e. The monoisotopic (exact) mass is 182 g/mol. The minimum absolute atomic E-state index is 0. The predicted molar refractivity (Wildman–Crippen MR) is 34.4 cm³/mol. The van der Waals surface area contributed by atoms with Gasteiger partial charge in [0, 0.05) is 0 Å². The fourth-order valence-corrected chi connectivity index (χ4v) is 1.07. The molecular weight excluding hydrogens is 178 g/mol. The van der Waals surface area contributed by atoms with Crippen molar-refractivity contribution in [2.45, 2.75) is 4.90 Å². The zero-order valence-electron chi connectivity index (χ0n) is 6.32. The average molecular weight is 182 g/mol. The summed E-state index contributed by atoms with van der Waals surface area (Å²) in [5, 5.41) is 0. The molecule has 0 saturated heterocycles. The minimum atomic E-state index is -4.44. The molecule has 1 aromatic rings. The molecule has 12 heavy (non-hydrogen) atoms. The first-order valence-corrected chi connectivity index (χ1v) is 4.12. The molecular formula is C6H4FLiO3S. The van der Waals surface area contributed by atoms with Crippen molar-refractivity contribution < 1.29 is 36.2 Å². The third kappa shape index (κ3) is 2.95. The van der Waals surface area contributed by atoms with E-state index in [0.717, 1.165) is 24.3 Å². The van der Waals surface area contributed by atoms with Crippen molar-refractivity contribution >= 4 is 10.1 Å². The third-order valence-corrected chi connectivity index (χ3v) is 1.95. The van der Waals surface area contributed by atoms with Crippen molar-refractivity contribution in [2.24, 2.45) is 0 Å². The topological polar surface area (TPSA) is 57.2 Å². The van der Waals surface area contributed by atoms with E-state index < -0.39 is 20.8 Å². The average Bonchev–Trinajstić information content (AvgIpc) is 1.86. The fraction of sp³-hybridized carbons (Fsp3) is 0. The molecule has 0 spiro atoms. The predicted octanol–water partition coefficient (Wildman–Crippen LogP) is -2.27. The summed E-state index contributed by atoms with van der Waals surface area (Å²) < 4.78 is 43.0. The molecule has 1 rings (SSSR count). The van der Waals surface area contributed by atoms with Crippen LogP contribution in [0.1, 0.15) is 0 Å². The summed E-state index contributed by atoms with van der Waals surface area (Å²) in [6.07, 6.45) is 0. The van der Waals surface area contributed by atoms with Gasteiger partial charge in [-0.1, -0.05) is 0 Å². The Hall–Kier alpha value is -0.343. The van der Waals surface area contributed by atoms with Crippen molar-refractivity contribution in [1.82, 2.24) is 0 Å². The number of rotatable bonds is 1. The van der Waals surface area contributed by atoms with Crippen LogP contribution in [0.4, 0.5) is 4.39 Å². The Labute approximate surface area is 81.5 Å². The molecule has 0 aliphatic rings. The van der Waals surface area contributed by atoms with Crippen molar-refractivity contribution in [1.29, 1.82) is 0 Å². The van der Waals surface area contributed by atoms with E-state index in [9.17, 15) is 17.4 Å². The van der Waals surface area contributed by atoms with Gasteiger partial charge in [0.15, 0.2) is 0 Å². The summed E-state index contributed by atoms with van der Waals surface area (Å²) >= 11 is 0. The van der Waals surface area contributed by atoms with E-state index in [0.29, 0.717) is 0 Å². The van der Waals surface area contributed by atoms with Crippen LogP contribution in [0, 0.1) is 5.82 Å². The SMILES string of the molecule is O=S(=O)([O-])c1ccc(F)cc1.[Li+]. The molecule has 0 bridgehead atoms. The third-order valence-electron chi connectivity index (χ3n) is 1.10. The van der Waals surface area contributed by atoms with Crippen LogP contribution in [-0.2, 0) is 10.1 Å². The summed E-state index contributed by atoms with van der Waals surface area (Å²) in [5.74, 6) is -0.572. The molecule has 0 amide bonds. The Bertz CT molecular complexity index is 346. The van der Waals surface area contributed by atoms with Crippen molar-refractivity contribution in [2.75, 3.05) is 0 Å². The van der Waals surface area contributed by atoms with Gasteiger partial charge in [0.25, 0.3) is 0 Å². The summed E-state index contributed by atoms with van der Waals surface area (Å²) in [6, 6.07) is 3.70. The molecule has 0 aliphatic heterocycles. The zero-order chi connectivity index (χ0) is 8.48. The number of halogens is 1. The molecule has 0 aromatic heterocycles. The molecule has 0 saturated carbocycles. The number of hydrogen-bond donors (Lipinski definition) is 0. The van der Waals surface area contributed by atoms with E-state index in [1.165, 1.54) is 0 Å². The second-order valence-electron chi connectivity index (χ2n) is 1.91. The molecule has 6 heteroatoms. The second-order valence-corrected chi connectivity index (χ2v) is 3.29. The van der Waals surface area contributed by atoms with E-state index in [1.54, 1.807) is 0 Å². The van der Waals surface area contributed by atoms with E-state index in [2.05, 4.69) is 0 Å². The van der Waals surface area contributed by atoms with Gasteiger partial charge in [-0.2, -0.15) is 0 Å². The van der Waals surface area contributed by atoms with Crippen LogP contribution in [0.3, 0.4) is 0 Å². The van der Waals surface area contributed by atoms with E-state index in [4.69, 9.17) is 0 Å². The second kappa shape index (κ2) is 4.05. The Morgan fingerprint density at radius 1 is 1.17 bits per heavy atom. The van der Waals surface area contributed by atoms with Crippen molar-refractivity contribution in [3.05, 3.63) is 30.1 Å². The van der Waals surface area contributed by atoms with E-state index >= 15 is 0 Å². The van der Waals surface area contributed by atoms with Gasteiger partial charge >= 0.3 is 18.9 Å². The Morgan fingerprint density at radius 2 is 1.58 bits per heavy atom. The first-order chi connectivity index (χ1) is 5.00. The Morgan fingerprint density at radius 3 is 1.92 bits per heavy atom. The minimum Gasteiger partial charge on any atom is -0.744 e. The van der Waals surface area contributed by atoms with Gasteiger partial charge in [-0.05, 0) is 24.3 Å². The van der Waals surface area contributed by atoms with Gasteiger partial charge < -0.3 is 4.55 Å². The van der Waals surface area contributed by atoms with Gasteiger partial charge in [-0.3, -0.25) is 0 Å². The molecule has 60 valence electrons. The first kappa shape index (κ1) is 11.7. The van der Waals surface area contributed by atoms with Crippen LogP contribution in [0.2, 0.25) is 0 Å².